The van der Waals surface area contributed by atoms with Gasteiger partial charge in [0.2, 0.25) is 5.95 Å². The Morgan fingerprint density at radius 2 is 2.60 bits per heavy atom. The van der Waals surface area contributed by atoms with E-state index in [0.29, 0.717) is 12.5 Å². The number of nitrogens with two attached hydrogens (primary N) is 1. The monoisotopic (exact) mass is 143 g/mol. The number of aromatic amines is 1. The Morgan fingerprint density at radius 1 is 1.90 bits per heavy atom. The van der Waals surface area contributed by atoms with Crippen molar-refractivity contribution >= 4 is 5.95 Å². The van der Waals surface area contributed by atoms with Crippen molar-refractivity contribution in [2.45, 2.75) is 13.5 Å². The van der Waals surface area contributed by atoms with Crippen LogP contribution in [0, 0.1) is 0 Å². The fourth-order valence-corrected chi connectivity index (χ4v) is 0.721. The molecule has 0 amide bonds. The minimum Gasteiger partial charge on any atom is -0.292 e. The van der Waals surface area contributed by atoms with Gasteiger partial charge in [-0.1, -0.05) is 0 Å². The largest absolute Gasteiger partial charge is 0.344 e. The third-order valence-corrected chi connectivity index (χ3v) is 1.20. The molecule has 0 aromatic carbocycles. The van der Waals surface area contributed by atoms with E-state index in [9.17, 15) is 4.79 Å². The van der Waals surface area contributed by atoms with Gasteiger partial charge >= 0.3 is 5.69 Å². The van der Waals surface area contributed by atoms with E-state index in [1.165, 1.54) is 4.57 Å². The minimum atomic E-state index is -0.254. The second-order valence-corrected chi connectivity index (χ2v) is 1.74. The second-order valence-electron chi connectivity index (χ2n) is 1.74. The Kier molecular flexibility index (Phi) is 1.72. The molecule has 0 aliphatic carbocycles. The van der Waals surface area contributed by atoms with Gasteiger partial charge < -0.3 is 0 Å². The van der Waals surface area contributed by atoms with E-state index in [-0.39, 0.29) is 5.69 Å². The van der Waals surface area contributed by atoms with Gasteiger partial charge in [-0.05, 0) is 6.92 Å². The molecule has 4 N–H and O–H groups in total. The van der Waals surface area contributed by atoms with Gasteiger partial charge in [0.1, 0.15) is 0 Å². The Bertz CT molecular complexity index is 261. The zero-order valence-electron chi connectivity index (χ0n) is 5.59. The first-order valence-corrected chi connectivity index (χ1v) is 2.91. The van der Waals surface area contributed by atoms with Crippen molar-refractivity contribution < 1.29 is 0 Å². The summed E-state index contributed by atoms with van der Waals surface area (Å²) in [7, 11) is 0. The number of H-pyrrole nitrogens is 1. The van der Waals surface area contributed by atoms with Crippen molar-refractivity contribution in [1.29, 1.82) is 0 Å². The summed E-state index contributed by atoms with van der Waals surface area (Å²) in [5.74, 6) is 5.40. The number of hydrazine groups is 1. The molecule has 6 heteroatoms. The average molecular weight is 143 g/mol. The SMILES string of the molecule is CCn1c(NN)n[nH]c1=O. The van der Waals surface area contributed by atoms with E-state index in [1.54, 1.807) is 0 Å². The van der Waals surface area contributed by atoms with Crippen molar-refractivity contribution in [2.24, 2.45) is 5.84 Å². The van der Waals surface area contributed by atoms with Crippen LogP contribution in [0.25, 0.3) is 0 Å². The number of hydrogen-bond acceptors (Lipinski definition) is 4. The van der Waals surface area contributed by atoms with Crippen LogP contribution >= 0.6 is 0 Å². The van der Waals surface area contributed by atoms with Crippen LogP contribution in [0.15, 0.2) is 4.79 Å². The first kappa shape index (κ1) is 6.81. The molecule has 6 nitrogen and oxygen atoms in total. The second kappa shape index (κ2) is 2.53. The number of hydrogen-bond donors (Lipinski definition) is 3. The van der Waals surface area contributed by atoms with Crippen molar-refractivity contribution in [3.63, 3.8) is 0 Å². The smallest absolute Gasteiger partial charge is 0.292 e. The third-order valence-electron chi connectivity index (χ3n) is 1.20. The molecule has 1 rings (SSSR count). The Hall–Kier alpha value is -1.30. The Balaban J connectivity index is 3.13. The lowest BCUT2D eigenvalue weighted by Gasteiger charge is -1.97. The number of nitrogens with one attached hydrogen (secondary N) is 2. The summed E-state index contributed by atoms with van der Waals surface area (Å²) >= 11 is 0. The third kappa shape index (κ3) is 0.883. The van der Waals surface area contributed by atoms with Crippen LogP contribution in [0.4, 0.5) is 5.95 Å². The lowest BCUT2D eigenvalue weighted by Crippen LogP contribution is -2.20. The van der Waals surface area contributed by atoms with Crippen LogP contribution in [0.3, 0.4) is 0 Å². The fraction of sp³-hybridized carbons (Fsp3) is 0.500. The van der Waals surface area contributed by atoms with Gasteiger partial charge in [0.25, 0.3) is 0 Å². The highest BCUT2D eigenvalue weighted by Crippen LogP contribution is 1.92. The number of rotatable bonds is 2. The number of aromatic nitrogens is 3. The highest BCUT2D eigenvalue weighted by molar-refractivity contribution is 5.19. The normalized spacial score (nSPS) is 9.80. The maximum atomic E-state index is 10.8. The summed E-state index contributed by atoms with van der Waals surface area (Å²) in [5, 5.41) is 5.85. The molecule has 0 spiro atoms. The van der Waals surface area contributed by atoms with Gasteiger partial charge in [0.15, 0.2) is 0 Å². The van der Waals surface area contributed by atoms with Crippen LogP contribution < -0.4 is 17.0 Å². The van der Waals surface area contributed by atoms with Crippen molar-refractivity contribution in [2.75, 3.05) is 5.43 Å². The highest BCUT2D eigenvalue weighted by Gasteiger charge is 2.01. The maximum Gasteiger partial charge on any atom is 0.344 e. The Morgan fingerprint density at radius 3 is 3.00 bits per heavy atom. The van der Waals surface area contributed by atoms with Gasteiger partial charge in [0, 0.05) is 6.54 Å². The molecular weight excluding hydrogens is 134 g/mol. The number of nitrogens with zero attached hydrogens (tertiary/aromatic N) is 2. The molecule has 56 valence electrons. The minimum absolute atomic E-state index is 0.254. The summed E-state index contributed by atoms with van der Waals surface area (Å²) in [6.07, 6.45) is 0. The summed E-state index contributed by atoms with van der Waals surface area (Å²) < 4.78 is 1.39. The molecule has 1 aromatic heterocycles. The fourth-order valence-electron chi connectivity index (χ4n) is 0.721. The van der Waals surface area contributed by atoms with Gasteiger partial charge in [-0.25, -0.2) is 15.7 Å². The summed E-state index contributed by atoms with van der Waals surface area (Å²) in [6, 6.07) is 0. The molecule has 1 heterocycles. The van der Waals surface area contributed by atoms with Crippen molar-refractivity contribution in [3.05, 3.63) is 10.5 Å². The molecule has 0 fully saturated rings. The van der Waals surface area contributed by atoms with Gasteiger partial charge in [0.05, 0.1) is 0 Å². The standard InChI is InChI=1S/C4H9N5O/c1-2-9-3(6-5)7-8-4(9)10/h2,5H2,1H3,(H,6,7)(H,8,10). The summed E-state index contributed by atoms with van der Waals surface area (Å²) in [6.45, 7) is 2.38. The van der Waals surface area contributed by atoms with Gasteiger partial charge in [-0.2, -0.15) is 0 Å². The zero-order chi connectivity index (χ0) is 7.56. The molecule has 0 radical (unpaired) electrons. The number of nitrogen functional groups attached to an aromatic ring is 1. The van der Waals surface area contributed by atoms with Gasteiger partial charge in [-0.3, -0.25) is 9.99 Å². The van der Waals surface area contributed by atoms with Crippen LogP contribution in [0.2, 0.25) is 0 Å². The molecule has 0 saturated carbocycles. The summed E-state index contributed by atoms with van der Waals surface area (Å²) in [5.41, 5.74) is 2.03. The lowest BCUT2D eigenvalue weighted by atomic mass is 10.7. The first-order chi connectivity index (χ1) is 4.79. The van der Waals surface area contributed by atoms with E-state index in [1.807, 2.05) is 6.92 Å². The predicted molar refractivity (Wildman–Crippen MR) is 36.3 cm³/mol. The molecule has 0 bridgehead atoms. The van der Waals surface area contributed by atoms with E-state index in [0.717, 1.165) is 0 Å². The lowest BCUT2D eigenvalue weighted by molar-refractivity contribution is 0.733. The molecule has 0 aliphatic rings. The van der Waals surface area contributed by atoms with E-state index in [4.69, 9.17) is 5.84 Å². The molecular formula is C4H9N5O. The predicted octanol–water partition coefficient (Wildman–Crippen LogP) is -1.12. The average Bonchev–Trinajstić information content (AvgIpc) is 2.30. The Labute approximate surface area is 57.0 Å². The number of anilines is 1. The topological polar surface area (TPSA) is 88.7 Å². The van der Waals surface area contributed by atoms with Crippen molar-refractivity contribution in [3.8, 4) is 0 Å². The first-order valence-electron chi connectivity index (χ1n) is 2.91. The van der Waals surface area contributed by atoms with Gasteiger partial charge in [-0.15, -0.1) is 5.10 Å². The highest BCUT2D eigenvalue weighted by atomic mass is 16.1. The quantitative estimate of drug-likeness (QED) is 0.361. The van der Waals surface area contributed by atoms with Crippen LogP contribution in [-0.2, 0) is 6.54 Å². The van der Waals surface area contributed by atoms with Crippen LogP contribution in [-0.4, -0.2) is 14.8 Å². The van der Waals surface area contributed by atoms with E-state index in [2.05, 4.69) is 15.6 Å². The van der Waals surface area contributed by atoms with Crippen LogP contribution in [0.1, 0.15) is 6.92 Å². The molecule has 0 unspecified atom stereocenters. The molecule has 0 aliphatic heterocycles. The van der Waals surface area contributed by atoms with E-state index < -0.39 is 0 Å². The molecule has 10 heavy (non-hydrogen) atoms. The van der Waals surface area contributed by atoms with E-state index >= 15 is 0 Å². The zero-order valence-corrected chi connectivity index (χ0v) is 5.59. The molecule has 1 aromatic rings. The maximum absolute atomic E-state index is 10.8. The van der Waals surface area contributed by atoms with Crippen molar-refractivity contribution in [1.82, 2.24) is 14.8 Å². The molecule has 0 saturated heterocycles. The van der Waals surface area contributed by atoms with Crippen LogP contribution in [0.5, 0.6) is 0 Å². The summed E-state index contributed by atoms with van der Waals surface area (Å²) in [4.78, 5) is 10.8. The molecule has 0 atom stereocenters.